The van der Waals surface area contributed by atoms with Gasteiger partial charge in [-0.2, -0.15) is 4.31 Å². The quantitative estimate of drug-likeness (QED) is 0.832. The van der Waals surface area contributed by atoms with Crippen molar-refractivity contribution in [2.75, 3.05) is 37.4 Å². The molecule has 0 radical (unpaired) electrons. The number of aromatic nitrogens is 1. The van der Waals surface area contributed by atoms with Crippen molar-refractivity contribution in [2.24, 2.45) is 5.92 Å². The Balaban J connectivity index is 1.74. The summed E-state index contributed by atoms with van der Waals surface area (Å²) in [5.74, 6) is 0.833. The maximum Gasteiger partial charge on any atom is 0.259 e. The summed E-state index contributed by atoms with van der Waals surface area (Å²) in [4.78, 5) is 18.8. The van der Waals surface area contributed by atoms with Crippen LogP contribution >= 0.6 is 0 Å². The monoisotopic (exact) mass is 402 g/mol. The third-order valence-corrected chi connectivity index (χ3v) is 6.86. The Bertz CT molecular complexity index is 934. The Hall–Kier alpha value is -2.45. The second-order valence-electron chi connectivity index (χ2n) is 7.33. The second kappa shape index (κ2) is 8.28. The molecular weight excluding hydrogens is 376 g/mol. The van der Waals surface area contributed by atoms with Gasteiger partial charge in [0.2, 0.25) is 10.0 Å². The van der Waals surface area contributed by atoms with E-state index in [-0.39, 0.29) is 10.8 Å². The molecule has 28 heavy (non-hydrogen) atoms. The van der Waals surface area contributed by atoms with E-state index in [1.165, 1.54) is 0 Å². The molecule has 1 N–H and O–H groups in total. The Morgan fingerprint density at radius 1 is 1.14 bits per heavy atom. The number of hydrogen-bond donors (Lipinski definition) is 1. The van der Waals surface area contributed by atoms with Gasteiger partial charge in [0.25, 0.3) is 5.91 Å². The Kier molecular flexibility index (Phi) is 6.00. The SMILES string of the molecule is CC1CCN(S(=O)(=O)c2ccc(NC(=O)c3cccnc3N(C)C)cc2)CC1. The number of benzene rings is 1. The van der Waals surface area contributed by atoms with Gasteiger partial charge in [-0.25, -0.2) is 13.4 Å². The van der Waals surface area contributed by atoms with Crippen LogP contribution in [0.5, 0.6) is 0 Å². The van der Waals surface area contributed by atoms with Crippen LogP contribution in [0.3, 0.4) is 0 Å². The summed E-state index contributed by atoms with van der Waals surface area (Å²) in [6, 6.07) is 9.72. The lowest BCUT2D eigenvalue weighted by Crippen LogP contribution is -2.37. The molecular formula is C20H26N4O3S. The minimum Gasteiger partial charge on any atom is -0.362 e. The zero-order valence-electron chi connectivity index (χ0n) is 16.4. The minimum atomic E-state index is -3.50. The predicted octanol–water partition coefficient (Wildman–Crippen LogP) is 2.82. The molecule has 2 aromatic rings. The molecule has 8 heteroatoms. The molecule has 0 atom stereocenters. The molecule has 3 rings (SSSR count). The zero-order valence-corrected chi connectivity index (χ0v) is 17.2. The molecule has 1 amide bonds. The highest BCUT2D eigenvalue weighted by atomic mass is 32.2. The molecule has 1 saturated heterocycles. The number of pyridine rings is 1. The molecule has 1 fully saturated rings. The van der Waals surface area contributed by atoms with Gasteiger partial charge in [0.05, 0.1) is 10.5 Å². The number of carbonyl (C=O) groups is 1. The Morgan fingerprint density at radius 2 is 1.79 bits per heavy atom. The van der Waals surface area contributed by atoms with Gasteiger partial charge in [-0.15, -0.1) is 0 Å². The summed E-state index contributed by atoms with van der Waals surface area (Å²) in [7, 11) is 0.142. The number of piperidine rings is 1. The van der Waals surface area contributed by atoms with Gasteiger partial charge in [-0.1, -0.05) is 6.92 Å². The fourth-order valence-electron chi connectivity index (χ4n) is 3.21. The Morgan fingerprint density at radius 3 is 2.39 bits per heavy atom. The largest absolute Gasteiger partial charge is 0.362 e. The van der Waals surface area contributed by atoms with Crippen LogP contribution in [0.15, 0.2) is 47.5 Å². The van der Waals surface area contributed by atoms with Crippen LogP contribution in [0.4, 0.5) is 11.5 Å². The molecule has 0 spiro atoms. The summed E-state index contributed by atoms with van der Waals surface area (Å²) >= 11 is 0. The molecule has 0 aliphatic carbocycles. The molecule has 1 aliphatic rings. The second-order valence-corrected chi connectivity index (χ2v) is 9.27. The molecule has 7 nitrogen and oxygen atoms in total. The van der Waals surface area contributed by atoms with E-state index in [0.717, 1.165) is 12.8 Å². The van der Waals surface area contributed by atoms with Gasteiger partial charge in [-0.3, -0.25) is 4.79 Å². The third-order valence-electron chi connectivity index (χ3n) is 4.95. The van der Waals surface area contributed by atoms with Gasteiger partial charge in [0.1, 0.15) is 5.82 Å². The van der Waals surface area contributed by atoms with E-state index in [4.69, 9.17) is 0 Å². The van der Waals surface area contributed by atoms with Crippen LogP contribution < -0.4 is 10.2 Å². The van der Waals surface area contributed by atoms with Gasteiger partial charge < -0.3 is 10.2 Å². The number of nitrogens with one attached hydrogen (secondary N) is 1. The van der Waals surface area contributed by atoms with Crippen molar-refractivity contribution in [3.63, 3.8) is 0 Å². The molecule has 0 unspecified atom stereocenters. The lowest BCUT2D eigenvalue weighted by molar-refractivity contribution is 0.102. The summed E-state index contributed by atoms with van der Waals surface area (Å²) in [5, 5.41) is 2.80. The topological polar surface area (TPSA) is 82.6 Å². The van der Waals surface area contributed by atoms with Crippen LogP contribution in [-0.4, -0.2) is 50.8 Å². The normalized spacial score (nSPS) is 16.0. The van der Waals surface area contributed by atoms with Crippen molar-refractivity contribution in [3.05, 3.63) is 48.2 Å². The van der Waals surface area contributed by atoms with Crippen LogP contribution in [0, 0.1) is 5.92 Å². The standard InChI is InChI=1S/C20H26N4O3S/c1-15-10-13-24(14-11-15)28(26,27)17-8-6-16(7-9-17)22-20(25)18-5-4-12-21-19(18)23(2)3/h4-9,12,15H,10-11,13-14H2,1-3H3,(H,22,25). The van der Waals surface area contributed by atoms with Crippen LogP contribution in [0.2, 0.25) is 0 Å². The van der Waals surface area contributed by atoms with Gasteiger partial charge in [0, 0.05) is 39.1 Å². The first-order valence-corrected chi connectivity index (χ1v) is 10.8. The summed E-state index contributed by atoms with van der Waals surface area (Å²) < 4.78 is 27.1. The minimum absolute atomic E-state index is 0.246. The molecule has 1 aliphatic heterocycles. The first-order valence-electron chi connectivity index (χ1n) is 9.33. The highest BCUT2D eigenvalue weighted by Gasteiger charge is 2.28. The van der Waals surface area contributed by atoms with Crippen LogP contribution in [0.25, 0.3) is 0 Å². The number of hydrogen-bond acceptors (Lipinski definition) is 5. The van der Waals surface area contributed by atoms with Gasteiger partial charge in [0.15, 0.2) is 0 Å². The van der Waals surface area contributed by atoms with E-state index in [2.05, 4.69) is 17.2 Å². The van der Waals surface area contributed by atoms with Crippen molar-refractivity contribution in [1.29, 1.82) is 0 Å². The molecule has 1 aromatic carbocycles. The summed E-state index contributed by atoms with van der Waals surface area (Å²) in [5.41, 5.74) is 0.983. The number of rotatable bonds is 5. The predicted molar refractivity (Wildman–Crippen MR) is 110 cm³/mol. The van der Waals surface area contributed by atoms with E-state index in [1.807, 2.05) is 14.1 Å². The van der Waals surface area contributed by atoms with E-state index in [9.17, 15) is 13.2 Å². The average Bonchev–Trinajstić information content (AvgIpc) is 2.68. The number of anilines is 2. The highest BCUT2D eigenvalue weighted by molar-refractivity contribution is 7.89. The smallest absolute Gasteiger partial charge is 0.259 e. The third kappa shape index (κ3) is 4.34. The van der Waals surface area contributed by atoms with E-state index in [1.54, 1.807) is 51.8 Å². The molecule has 1 aromatic heterocycles. The van der Waals surface area contributed by atoms with Crippen molar-refractivity contribution in [3.8, 4) is 0 Å². The molecule has 0 bridgehead atoms. The van der Waals surface area contributed by atoms with E-state index < -0.39 is 10.0 Å². The molecule has 150 valence electrons. The van der Waals surface area contributed by atoms with Crippen molar-refractivity contribution in [1.82, 2.24) is 9.29 Å². The summed E-state index contributed by atoms with van der Waals surface area (Å²) in [6.07, 6.45) is 3.40. The number of nitrogens with zero attached hydrogens (tertiary/aromatic N) is 3. The van der Waals surface area contributed by atoms with Crippen molar-refractivity contribution < 1.29 is 13.2 Å². The van der Waals surface area contributed by atoms with Crippen LogP contribution in [0.1, 0.15) is 30.1 Å². The fraction of sp³-hybridized carbons (Fsp3) is 0.400. The number of carbonyl (C=O) groups excluding carboxylic acids is 1. The number of sulfonamides is 1. The van der Waals surface area contributed by atoms with Gasteiger partial charge in [-0.05, 0) is 55.2 Å². The molecule has 0 saturated carbocycles. The maximum atomic E-state index is 12.8. The van der Waals surface area contributed by atoms with E-state index in [0.29, 0.717) is 36.1 Å². The molecule has 2 heterocycles. The van der Waals surface area contributed by atoms with E-state index >= 15 is 0 Å². The number of amides is 1. The lowest BCUT2D eigenvalue weighted by Gasteiger charge is -2.29. The average molecular weight is 403 g/mol. The summed E-state index contributed by atoms with van der Waals surface area (Å²) in [6.45, 7) is 3.25. The van der Waals surface area contributed by atoms with Crippen LogP contribution in [-0.2, 0) is 10.0 Å². The highest BCUT2D eigenvalue weighted by Crippen LogP contribution is 2.25. The first kappa shape index (κ1) is 20.3. The Labute approximate surface area is 166 Å². The van der Waals surface area contributed by atoms with Crippen molar-refractivity contribution >= 4 is 27.4 Å². The first-order chi connectivity index (χ1) is 13.3. The van der Waals surface area contributed by atoms with Gasteiger partial charge >= 0.3 is 0 Å². The fourth-order valence-corrected chi connectivity index (χ4v) is 4.68. The lowest BCUT2D eigenvalue weighted by atomic mass is 10.0. The maximum absolute atomic E-state index is 12.8. The van der Waals surface area contributed by atoms with Crippen molar-refractivity contribution in [2.45, 2.75) is 24.7 Å². The zero-order chi connectivity index (χ0) is 20.3.